The van der Waals surface area contributed by atoms with E-state index in [0.717, 1.165) is 0 Å². The molecule has 0 aromatic carbocycles. The van der Waals surface area contributed by atoms with Crippen molar-refractivity contribution in [3.63, 3.8) is 0 Å². The van der Waals surface area contributed by atoms with Gasteiger partial charge in [-0.25, -0.2) is 0 Å². The second-order valence-corrected chi connectivity index (χ2v) is 2.73. The maximum atomic E-state index is 9.97. The van der Waals surface area contributed by atoms with Gasteiger partial charge in [-0.05, 0) is 0 Å². The van der Waals surface area contributed by atoms with Gasteiger partial charge in [0.2, 0.25) is 6.54 Å². The molecule has 1 aliphatic rings. The Kier molecular flexibility index (Phi) is 0.822. The van der Waals surface area contributed by atoms with Crippen LogP contribution in [0.4, 0.5) is 0 Å². The second-order valence-electron chi connectivity index (χ2n) is 2.73. The van der Waals surface area contributed by atoms with Gasteiger partial charge in [-0.3, -0.25) is 14.6 Å². The zero-order valence-electron chi connectivity index (χ0n) is 5.00. The van der Waals surface area contributed by atoms with Crippen LogP contribution in [-0.4, -0.2) is 36.2 Å². The summed E-state index contributed by atoms with van der Waals surface area (Å²) in [5.41, 5.74) is 0. The van der Waals surface area contributed by atoms with Crippen LogP contribution in [-0.2, 0) is 0 Å². The van der Waals surface area contributed by atoms with Crippen LogP contribution < -0.4 is 0 Å². The first-order valence-corrected chi connectivity index (χ1v) is 2.50. The summed E-state index contributed by atoms with van der Waals surface area (Å²) in [4.78, 5) is 9.74. The molecule has 0 N–H and O–H groups in total. The Balaban J connectivity index is 2.48. The predicted molar refractivity (Wildman–Crippen MR) is 27.8 cm³/mol. The van der Waals surface area contributed by atoms with E-state index in [1.165, 1.54) is 0 Å². The molecule has 1 atom stereocenters. The maximum Gasteiger partial charge on any atom is 0.385 e. The summed E-state index contributed by atoms with van der Waals surface area (Å²) in [7, 11) is 3.71. The first kappa shape index (κ1) is 5.50. The zero-order valence-corrected chi connectivity index (χ0v) is 5.00. The van der Waals surface area contributed by atoms with Crippen LogP contribution in [0.3, 0.4) is 0 Å². The van der Waals surface area contributed by atoms with Crippen molar-refractivity contribution in [2.45, 2.75) is 6.17 Å². The van der Waals surface area contributed by atoms with E-state index in [2.05, 4.69) is 0 Å². The standard InChI is InChI=1S/C4H9N2O2/c1-6(2)3-4(6)5(7)8/h4H,3H2,1-2H3/q+1. The van der Waals surface area contributed by atoms with E-state index in [9.17, 15) is 10.1 Å². The molecule has 1 fully saturated rings. The molecule has 0 aromatic rings. The molecule has 0 radical (unpaired) electrons. The van der Waals surface area contributed by atoms with E-state index in [0.29, 0.717) is 11.0 Å². The molecule has 0 bridgehead atoms. The van der Waals surface area contributed by atoms with Crippen LogP contribution in [0.5, 0.6) is 0 Å². The molecule has 1 aliphatic heterocycles. The molecule has 1 heterocycles. The van der Waals surface area contributed by atoms with Gasteiger partial charge in [0, 0.05) is 0 Å². The first-order valence-electron chi connectivity index (χ1n) is 2.50. The lowest BCUT2D eigenvalue weighted by atomic mass is 10.8. The Morgan fingerprint density at radius 3 is 2.12 bits per heavy atom. The van der Waals surface area contributed by atoms with Crippen molar-refractivity contribution in [1.29, 1.82) is 0 Å². The van der Waals surface area contributed by atoms with Crippen LogP contribution in [0.2, 0.25) is 0 Å². The van der Waals surface area contributed by atoms with Crippen LogP contribution in [0.1, 0.15) is 0 Å². The molecular weight excluding hydrogens is 108 g/mol. The summed E-state index contributed by atoms with van der Waals surface area (Å²) in [6.07, 6.45) is -0.324. The summed E-state index contributed by atoms with van der Waals surface area (Å²) >= 11 is 0. The fourth-order valence-electron chi connectivity index (χ4n) is 0.696. The molecule has 0 spiro atoms. The molecule has 4 heteroatoms. The fraction of sp³-hybridized carbons (Fsp3) is 1.00. The van der Waals surface area contributed by atoms with Crippen molar-refractivity contribution < 1.29 is 9.41 Å². The molecule has 0 amide bonds. The van der Waals surface area contributed by atoms with Gasteiger partial charge in [-0.15, -0.1) is 0 Å². The fourth-order valence-corrected chi connectivity index (χ4v) is 0.696. The first-order chi connectivity index (χ1) is 3.54. The zero-order chi connectivity index (χ0) is 6.36. The van der Waals surface area contributed by atoms with Gasteiger partial charge in [0.15, 0.2) is 0 Å². The third kappa shape index (κ3) is 0.667. The molecule has 0 saturated carbocycles. The summed E-state index contributed by atoms with van der Waals surface area (Å²) in [6.45, 7) is 0.688. The third-order valence-electron chi connectivity index (χ3n) is 1.55. The van der Waals surface area contributed by atoms with E-state index >= 15 is 0 Å². The topological polar surface area (TPSA) is 43.1 Å². The minimum absolute atomic E-state index is 0.222. The highest BCUT2D eigenvalue weighted by molar-refractivity contribution is 4.55. The molecule has 1 saturated heterocycles. The largest absolute Gasteiger partial charge is 0.385 e. The molecule has 0 aliphatic carbocycles. The lowest BCUT2D eigenvalue weighted by Gasteiger charge is -1.97. The minimum atomic E-state index is -0.324. The molecule has 0 aromatic heterocycles. The van der Waals surface area contributed by atoms with Crippen molar-refractivity contribution in [2.75, 3.05) is 20.6 Å². The Bertz CT molecular complexity index is 132. The normalized spacial score (nSPS) is 32.0. The number of likely N-dealkylation sites (N-methyl/N-ethyl adjacent to an activating group) is 1. The Morgan fingerprint density at radius 1 is 1.75 bits per heavy atom. The average Bonchev–Trinajstić information content (AvgIpc) is 2.13. The lowest BCUT2D eigenvalue weighted by molar-refractivity contribution is -0.840. The number of hydrogen-bond acceptors (Lipinski definition) is 2. The van der Waals surface area contributed by atoms with E-state index in [-0.39, 0.29) is 11.1 Å². The smallest absolute Gasteiger partial charge is 0.259 e. The number of quaternary nitrogens is 1. The quantitative estimate of drug-likeness (QED) is 0.204. The van der Waals surface area contributed by atoms with Crippen LogP contribution >= 0.6 is 0 Å². The summed E-state index contributed by atoms with van der Waals surface area (Å²) in [5.74, 6) is 0. The highest BCUT2D eigenvalue weighted by atomic mass is 16.6. The van der Waals surface area contributed by atoms with E-state index < -0.39 is 0 Å². The van der Waals surface area contributed by atoms with Crippen LogP contribution in [0, 0.1) is 10.1 Å². The number of rotatable bonds is 1. The number of nitro groups is 1. The van der Waals surface area contributed by atoms with E-state index in [1.54, 1.807) is 0 Å². The summed E-state index contributed by atoms with van der Waals surface area (Å²) in [6, 6.07) is 0. The Labute approximate surface area is 47.5 Å². The molecule has 4 nitrogen and oxygen atoms in total. The molecule has 1 unspecified atom stereocenters. The Morgan fingerprint density at radius 2 is 2.12 bits per heavy atom. The van der Waals surface area contributed by atoms with Crippen molar-refractivity contribution >= 4 is 0 Å². The second kappa shape index (κ2) is 1.20. The van der Waals surface area contributed by atoms with Gasteiger partial charge in [-0.1, -0.05) is 0 Å². The highest BCUT2D eigenvalue weighted by Gasteiger charge is 2.58. The van der Waals surface area contributed by atoms with Crippen LogP contribution in [0.15, 0.2) is 0 Å². The van der Waals surface area contributed by atoms with Crippen molar-refractivity contribution in [1.82, 2.24) is 0 Å². The van der Waals surface area contributed by atoms with E-state index in [1.807, 2.05) is 14.1 Å². The van der Waals surface area contributed by atoms with Gasteiger partial charge in [0.1, 0.15) is 0 Å². The number of hydrogen-bond donors (Lipinski definition) is 0. The Hall–Kier alpha value is -0.640. The minimum Gasteiger partial charge on any atom is -0.259 e. The highest BCUT2D eigenvalue weighted by Crippen LogP contribution is 2.23. The van der Waals surface area contributed by atoms with E-state index in [4.69, 9.17) is 0 Å². The molecular formula is C4H9N2O2+. The number of nitrogens with zero attached hydrogens (tertiary/aromatic N) is 2. The van der Waals surface area contributed by atoms with Gasteiger partial charge < -0.3 is 0 Å². The van der Waals surface area contributed by atoms with Gasteiger partial charge in [0.25, 0.3) is 0 Å². The van der Waals surface area contributed by atoms with Crippen molar-refractivity contribution in [3.8, 4) is 0 Å². The molecule has 1 rings (SSSR count). The van der Waals surface area contributed by atoms with Crippen LogP contribution in [0.25, 0.3) is 0 Å². The predicted octanol–water partition coefficient (Wildman–Crippen LogP) is -0.321. The average molecular weight is 117 g/mol. The molecule has 8 heavy (non-hydrogen) atoms. The van der Waals surface area contributed by atoms with Crippen molar-refractivity contribution in [3.05, 3.63) is 10.1 Å². The summed E-state index contributed by atoms with van der Waals surface area (Å²) < 4.78 is 0.549. The van der Waals surface area contributed by atoms with Gasteiger partial charge >= 0.3 is 6.17 Å². The van der Waals surface area contributed by atoms with Gasteiger partial charge in [0.05, 0.1) is 19.0 Å². The SMILES string of the molecule is C[N+]1(C)CC1[N+](=O)[O-]. The van der Waals surface area contributed by atoms with Crippen molar-refractivity contribution in [2.24, 2.45) is 0 Å². The molecule has 46 valence electrons. The monoisotopic (exact) mass is 117 g/mol. The van der Waals surface area contributed by atoms with Gasteiger partial charge in [-0.2, -0.15) is 0 Å². The summed E-state index contributed by atoms with van der Waals surface area (Å²) in [5, 5.41) is 9.97. The maximum absolute atomic E-state index is 9.97. The third-order valence-corrected chi connectivity index (χ3v) is 1.55. The lowest BCUT2D eigenvalue weighted by Crippen LogP contribution is -2.21.